The van der Waals surface area contributed by atoms with E-state index < -0.39 is 0 Å². The Kier molecular flexibility index (Phi) is 6.89. The van der Waals surface area contributed by atoms with E-state index in [0.717, 1.165) is 25.9 Å². The first-order valence-electron chi connectivity index (χ1n) is 6.80. The molecule has 1 aromatic rings. The lowest BCUT2D eigenvalue weighted by Crippen LogP contribution is -2.45. The van der Waals surface area contributed by atoms with Crippen molar-refractivity contribution < 1.29 is 4.79 Å². The van der Waals surface area contributed by atoms with Crippen LogP contribution in [-0.2, 0) is 4.79 Å². The first kappa shape index (κ1) is 16.0. The molecule has 2 rings (SSSR count). The first-order valence-corrected chi connectivity index (χ1v) is 6.80. The average Bonchev–Trinajstić information content (AvgIpc) is 2.40. The van der Waals surface area contributed by atoms with Crippen LogP contribution >= 0.6 is 12.4 Å². The van der Waals surface area contributed by atoms with Crippen molar-refractivity contribution in [3.8, 4) is 0 Å². The Morgan fingerprint density at radius 1 is 1.42 bits per heavy atom. The van der Waals surface area contributed by atoms with Crippen LogP contribution in [0.25, 0.3) is 0 Å². The van der Waals surface area contributed by atoms with Gasteiger partial charge in [-0.25, -0.2) is 0 Å². The van der Waals surface area contributed by atoms with Gasteiger partial charge in [-0.1, -0.05) is 37.3 Å². The monoisotopic (exact) mass is 282 g/mol. The second-order valence-electron chi connectivity index (χ2n) is 5.13. The molecule has 1 aliphatic heterocycles. The average molecular weight is 283 g/mol. The summed E-state index contributed by atoms with van der Waals surface area (Å²) in [5, 5.41) is 6.43. The molecular weight excluding hydrogens is 260 g/mol. The summed E-state index contributed by atoms with van der Waals surface area (Å²) in [6.45, 7) is 4.09. The maximum Gasteiger partial charge on any atom is 0.220 e. The maximum atomic E-state index is 12.0. The standard InChI is InChI=1S/C15H22N2O.ClH/c1-12(13-6-3-2-4-7-13)10-15(18)17-14-8-5-9-16-11-14;/h2-4,6-7,12,14,16H,5,8-11H2,1H3,(H,17,18);1H. The third kappa shape index (κ3) is 5.21. The molecule has 1 amide bonds. The summed E-state index contributed by atoms with van der Waals surface area (Å²) in [6, 6.07) is 10.5. The fourth-order valence-electron chi connectivity index (χ4n) is 2.44. The van der Waals surface area contributed by atoms with E-state index >= 15 is 0 Å². The van der Waals surface area contributed by atoms with Crippen molar-refractivity contribution in [1.29, 1.82) is 0 Å². The Labute approximate surface area is 121 Å². The lowest BCUT2D eigenvalue weighted by atomic mass is 9.97. The Bertz CT molecular complexity index is 377. The molecule has 19 heavy (non-hydrogen) atoms. The molecule has 1 saturated heterocycles. The van der Waals surface area contributed by atoms with Crippen molar-refractivity contribution in [2.75, 3.05) is 13.1 Å². The Morgan fingerprint density at radius 2 is 2.16 bits per heavy atom. The molecular formula is C15H23ClN2O. The zero-order valence-electron chi connectivity index (χ0n) is 11.4. The van der Waals surface area contributed by atoms with Gasteiger partial charge in [-0.05, 0) is 30.9 Å². The largest absolute Gasteiger partial charge is 0.352 e. The molecule has 0 bridgehead atoms. The van der Waals surface area contributed by atoms with Crippen LogP contribution in [0.3, 0.4) is 0 Å². The smallest absolute Gasteiger partial charge is 0.220 e. The minimum Gasteiger partial charge on any atom is -0.352 e. The van der Waals surface area contributed by atoms with E-state index in [1.807, 2.05) is 18.2 Å². The van der Waals surface area contributed by atoms with E-state index in [9.17, 15) is 4.79 Å². The molecule has 2 N–H and O–H groups in total. The second kappa shape index (κ2) is 8.18. The molecule has 1 heterocycles. The van der Waals surface area contributed by atoms with Gasteiger partial charge in [0.05, 0.1) is 0 Å². The number of rotatable bonds is 4. The third-order valence-corrected chi connectivity index (χ3v) is 3.52. The highest BCUT2D eigenvalue weighted by atomic mass is 35.5. The van der Waals surface area contributed by atoms with Crippen molar-refractivity contribution in [2.24, 2.45) is 0 Å². The zero-order valence-corrected chi connectivity index (χ0v) is 12.2. The van der Waals surface area contributed by atoms with Gasteiger partial charge >= 0.3 is 0 Å². The van der Waals surface area contributed by atoms with Crippen molar-refractivity contribution in [2.45, 2.75) is 38.1 Å². The van der Waals surface area contributed by atoms with Crippen LogP contribution in [0.15, 0.2) is 30.3 Å². The van der Waals surface area contributed by atoms with Crippen LogP contribution < -0.4 is 10.6 Å². The lowest BCUT2D eigenvalue weighted by Gasteiger charge is -2.24. The molecule has 0 radical (unpaired) electrons. The second-order valence-corrected chi connectivity index (χ2v) is 5.13. The third-order valence-electron chi connectivity index (χ3n) is 3.52. The van der Waals surface area contributed by atoms with Crippen LogP contribution in [0.5, 0.6) is 0 Å². The molecule has 4 heteroatoms. The van der Waals surface area contributed by atoms with Crippen LogP contribution in [0.2, 0.25) is 0 Å². The molecule has 0 saturated carbocycles. The van der Waals surface area contributed by atoms with Gasteiger partial charge in [-0.2, -0.15) is 0 Å². The van der Waals surface area contributed by atoms with Crippen LogP contribution in [0.4, 0.5) is 0 Å². The van der Waals surface area contributed by atoms with Gasteiger partial charge in [0, 0.05) is 19.0 Å². The number of amides is 1. The topological polar surface area (TPSA) is 41.1 Å². The molecule has 0 aromatic heterocycles. The number of hydrogen-bond donors (Lipinski definition) is 2. The predicted octanol–water partition coefficient (Wildman–Crippen LogP) is 2.47. The molecule has 0 aliphatic carbocycles. The fraction of sp³-hybridized carbons (Fsp3) is 0.533. The number of hydrogen-bond acceptors (Lipinski definition) is 2. The Balaban J connectivity index is 0.00000180. The summed E-state index contributed by atoms with van der Waals surface area (Å²) in [5.74, 6) is 0.447. The molecule has 1 fully saturated rings. The van der Waals surface area contributed by atoms with Gasteiger partial charge in [-0.15, -0.1) is 12.4 Å². The van der Waals surface area contributed by atoms with Gasteiger partial charge in [0.25, 0.3) is 0 Å². The molecule has 0 spiro atoms. The minimum atomic E-state index is 0. The summed E-state index contributed by atoms with van der Waals surface area (Å²) in [7, 11) is 0. The van der Waals surface area contributed by atoms with Crippen LogP contribution in [0.1, 0.15) is 37.7 Å². The van der Waals surface area contributed by atoms with E-state index in [-0.39, 0.29) is 24.2 Å². The van der Waals surface area contributed by atoms with E-state index in [0.29, 0.717) is 12.5 Å². The highest BCUT2D eigenvalue weighted by Gasteiger charge is 2.17. The minimum absolute atomic E-state index is 0. The quantitative estimate of drug-likeness (QED) is 0.891. The Hall–Kier alpha value is -1.06. The molecule has 1 aliphatic rings. The van der Waals surface area contributed by atoms with Gasteiger partial charge in [0.2, 0.25) is 5.91 Å². The highest BCUT2D eigenvalue weighted by molar-refractivity contribution is 5.85. The predicted molar refractivity (Wildman–Crippen MR) is 80.8 cm³/mol. The number of piperidine rings is 1. The van der Waals surface area contributed by atoms with E-state index in [4.69, 9.17) is 0 Å². The SMILES string of the molecule is CC(CC(=O)NC1CCCNC1)c1ccccc1.Cl. The van der Waals surface area contributed by atoms with E-state index in [1.165, 1.54) is 5.56 Å². The summed E-state index contributed by atoms with van der Waals surface area (Å²) in [6.07, 6.45) is 2.82. The zero-order chi connectivity index (χ0) is 12.8. The summed E-state index contributed by atoms with van der Waals surface area (Å²) in [4.78, 5) is 12.0. The van der Waals surface area contributed by atoms with Crippen molar-refractivity contribution in [1.82, 2.24) is 10.6 Å². The van der Waals surface area contributed by atoms with Crippen LogP contribution in [-0.4, -0.2) is 25.0 Å². The molecule has 2 unspecified atom stereocenters. The molecule has 1 aromatic carbocycles. The maximum absolute atomic E-state index is 12.0. The molecule has 3 nitrogen and oxygen atoms in total. The summed E-state index contributed by atoms with van der Waals surface area (Å²) in [5.41, 5.74) is 1.23. The van der Waals surface area contributed by atoms with Gasteiger partial charge in [0.1, 0.15) is 0 Å². The summed E-state index contributed by atoms with van der Waals surface area (Å²) < 4.78 is 0. The van der Waals surface area contributed by atoms with Gasteiger partial charge in [0.15, 0.2) is 0 Å². The molecule has 106 valence electrons. The van der Waals surface area contributed by atoms with Crippen molar-refractivity contribution >= 4 is 18.3 Å². The normalized spacial score (nSPS) is 20.2. The number of halogens is 1. The lowest BCUT2D eigenvalue weighted by molar-refractivity contribution is -0.122. The van der Waals surface area contributed by atoms with Crippen LogP contribution in [0, 0.1) is 0 Å². The number of carbonyl (C=O) groups excluding carboxylic acids is 1. The first-order chi connectivity index (χ1) is 8.75. The Morgan fingerprint density at radius 3 is 2.79 bits per heavy atom. The number of benzene rings is 1. The van der Waals surface area contributed by atoms with E-state index in [1.54, 1.807) is 0 Å². The van der Waals surface area contributed by atoms with E-state index in [2.05, 4.69) is 29.7 Å². The van der Waals surface area contributed by atoms with Gasteiger partial charge in [-0.3, -0.25) is 4.79 Å². The number of carbonyl (C=O) groups is 1. The van der Waals surface area contributed by atoms with Crippen molar-refractivity contribution in [3.05, 3.63) is 35.9 Å². The summed E-state index contributed by atoms with van der Waals surface area (Å²) >= 11 is 0. The molecule has 2 atom stereocenters. The fourth-order valence-corrected chi connectivity index (χ4v) is 2.44. The highest BCUT2D eigenvalue weighted by Crippen LogP contribution is 2.18. The van der Waals surface area contributed by atoms with Crippen molar-refractivity contribution in [3.63, 3.8) is 0 Å². The van der Waals surface area contributed by atoms with Gasteiger partial charge < -0.3 is 10.6 Å². The number of nitrogens with one attached hydrogen (secondary N) is 2.